The third-order valence-electron chi connectivity index (χ3n) is 2.62. The number of aliphatic carboxylic acids is 1. The van der Waals surface area contributed by atoms with Crippen LogP contribution < -0.4 is 0 Å². The van der Waals surface area contributed by atoms with Crippen molar-refractivity contribution in [3.8, 4) is 0 Å². The third-order valence-corrected chi connectivity index (χ3v) is 2.62. The number of amides is 1. The monoisotopic (exact) mass is 223 g/mol. The Balaban J connectivity index is 2.06. The second-order valence-electron chi connectivity index (χ2n) is 3.71. The molecular weight excluding hydrogens is 213 g/mol. The standard InChI is InChI=1S/C11H10FNO3/c12-8-3-1-7(2-4-8)6-13-9(11(15)16)5-10(13)14/h1-4,9H,5-6H2,(H,15,16)/t9-/m1/s1. The molecule has 1 aliphatic heterocycles. The van der Waals surface area contributed by atoms with Crippen molar-refractivity contribution in [3.05, 3.63) is 35.6 Å². The summed E-state index contributed by atoms with van der Waals surface area (Å²) in [5.74, 6) is -1.54. The number of carboxylic acid groups (broad SMARTS) is 1. The summed E-state index contributed by atoms with van der Waals surface area (Å²) in [6, 6.07) is 4.92. The quantitative estimate of drug-likeness (QED) is 0.778. The summed E-state index contributed by atoms with van der Waals surface area (Å²) >= 11 is 0. The zero-order valence-electron chi connectivity index (χ0n) is 8.39. The minimum atomic E-state index is -0.998. The molecule has 16 heavy (non-hydrogen) atoms. The van der Waals surface area contributed by atoms with Crippen molar-refractivity contribution >= 4 is 11.9 Å². The van der Waals surface area contributed by atoms with Gasteiger partial charge in [0.2, 0.25) is 5.91 Å². The zero-order chi connectivity index (χ0) is 11.7. The fourth-order valence-electron chi connectivity index (χ4n) is 1.66. The van der Waals surface area contributed by atoms with Crippen LogP contribution in [-0.2, 0) is 16.1 Å². The molecule has 0 saturated carbocycles. The molecule has 1 saturated heterocycles. The lowest BCUT2D eigenvalue weighted by atomic mass is 10.0. The van der Waals surface area contributed by atoms with Crippen molar-refractivity contribution in [2.45, 2.75) is 19.0 Å². The smallest absolute Gasteiger partial charge is 0.326 e. The highest BCUT2D eigenvalue weighted by Gasteiger charge is 2.40. The van der Waals surface area contributed by atoms with Crippen LogP contribution in [0.1, 0.15) is 12.0 Å². The van der Waals surface area contributed by atoms with Crippen molar-refractivity contribution in [1.29, 1.82) is 0 Å². The molecule has 1 atom stereocenters. The summed E-state index contributed by atoms with van der Waals surface area (Å²) in [6.45, 7) is 0.218. The lowest BCUT2D eigenvalue weighted by molar-refractivity contribution is -0.162. The Morgan fingerprint density at radius 1 is 1.44 bits per heavy atom. The van der Waals surface area contributed by atoms with E-state index in [1.54, 1.807) is 12.1 Å². The SMILES string of the molecule is O=C(O)[C@H]1CC(=O)N1Cc1ccc(F)cc1. The first kappa shape index (κ1) is 10.6. The van der Waals surface area contributed by atoms with Crippen LogP contribution in [0.4, 0.5) is 4.39 Å². The Hall–Kier alpha value is -1.91. The van der Waals surface area contributed by atoms with Gasteiger partial charge in [-0.2, -0.15) is 0 Å². The summed E-state index contributed by atoms with van der Waals surface area (Å²) in [5, 5.41) is 8.79. The fraction of sp³-hybridized carbons (Fsp3) is 0.273. The molecular formula is C11H10FNO3. The first-order valence-electron chi connectivity index (χ1n) is 4.84. The predicted octanol–water partition coefficient (Wildman–Crippen LogP) is 1.01. The van der Waals surface area contributed by atoms with Gasteiger partial charge in [-0.3, -0.25) is 4.79 Å². The van der Waals surface area contributed by atoms with Crippen molar-refractivity contribution in [3.63, 3.8) is 0 Å². The molecule has 1 N–H and O–H groups in total. The summed E-state index contributed by atoms with van der Waals surface area (Å²) < 4.78 is 12.6. The van der Waals surface area contributed by atoms with Crippen molar-refractivity contribution in [2.24, 2.45) is 0 Å². The molecule has 84 valence electrons. The van der Waals surface area contributed by atoms with E-state index >= 15 is 0 Å². The lowest BCUT2D eigenvalue weighted by Gasteiger charge is -2.37. The predicted molar refractivity (Wildman–Crippen MR) is 53.0 cm³/mol. The van der Waals surface area contributed by atoms with Gasteiger partial charge in [0, 0.05) is 6.54 Å². The molecule has 0 bridgehead atoms. The molecule has 1 aromatic carbocycles. The van der Waals surface area contributed by atoms with E-state index in [0.717, 1.165) is 5.56 Å². The average molecular weight is 223 g/mol. The largest absolute Gasteiger partial charge is 0.480 e. The number of halogens is 1. The van der Waals surface area contributed by atoms with Gasteiger partial charge in [-0.25, -0.2) is 9.18 Å². The number of carbonyl (C=O) groups is 2. The Labute approximate surface area is 91.3 Å². The van der Waals surface area contributed by atoms with E-state index in [4.69, 9.17) is 5.11 Å². The number of carboxylic acids is 1. The molecule has 5 heteroatoms. The Morgan fingerprint density at radius 2 is 2.06 bits per heavy atom. The number of carbonyl (C=O) groups excluding carboxylic acids is 1. The normalized spacial score (nSPS) is 19.4. The third kappa shape index (κ3) is 1.88. The number of nitrogens with zero attached hydrogens (tertiary/aromatic N) is 1. The van der Waals surface area contributed by atoms with Crippen LogP contribution in [0.2, 0.25) is 0 Å². The minimum Gasteiger partial charge on any atom is -0.480 e. The van der Waals surface area contributed by atoms with Gasteiger partial charge in [-0.05, 0) is 17.7 Å². The lowest BCUT2D eigenvalue weighted by Crippen LogP contribution is -2.55. The highest BCUT2D eigenvalue weighted by atomic mass is 19.1. The molecule has 1 heterocycles. The Morgan fingerprint density at radius 3 is 2.56 bits per heavy atom. The van der Waals surface area contributed by atoms with Gasteiger partial charge in [0.25, 0.3) is 0 Å². The number of hydrogen-bond donors (Lipinski definition) is 1. The van der Waals surface area contributed by atoms with E-state index in [-0.39, 0.29) is 24.7 Å². The van der Waals surface area contributed by atoms with E-state index in [1.165, 1.54) is 17.0 Å². The van der Waals surface area contributed by atoms with Gasteiger partial charge in [0.05, 0.1) is 6.42 Å². The fourth-order valence-corrected chi connectivity index (χ4v) is 1.66. The number of hydrogen-bond acceptors (Lipinski definition) is 2. The zero-order valence-corrected chi connectivity index (χ0v) is 8.39. The van der Waals surface area contributed by atoms with E-state index < -0.39 is 12.0 Å². The molecule has 0 aliphatic carbocycles. The first-order chi connectivity index (χ1) is 7.58. The molecule has 0 spiro atoms. The molecule has 2 rings (SSSR count). The summed E-state index contributed by atoms with van der Waals surface area (Å²) in [5.41, 5.74) is 0.723. The topological polar surface area (TPSA) is 57.6 Å². The maximum absolute atomic E-state index is 12.6. The van der Waals surface area contributed by atoms with E-state index in [2.05, 4.69) is 0 Å². The molecule has 1 amide bonds. The van der Waals surface area contributed by atoms with Gasteiger partial charge >= 0.3 is 5.97 Å². The maximum Gasteiger partial charge on any atom is 0.326 e. The summed E-state index contributed by atoms with van der Waals surface area (Å²) in [6.07, 6.45) is 0.0521. The molecule has 1 aromatic rings. The average Bonchev–Trinajstić information content (AvgIpc) is 2.24. The molecule has 4 nitrogen and oxygen atoms in total. The number of rotatable bonds is 3. The molecule has 0 aromatic heterocycles. The van der Waals surface area contributed by atoms with Crippen LogP contribution in [0.15, 0.2) is 24.3 Å². The van der Waals surface area contributed by atoms with E-state index in [9.17, 15) is 14.0 Å². The Bertz CT molecular complexity index is 429. The number of β-lactam (4-membered cyclic amide) rings is 1. The summed E-state index contributed by atoms with van der Waals surface area (Å²) in [7, 11) is 0. The molecule has 0 radical (unpaired) electrons. The van der Waals surface area contributed by atoms with Gasteiger partial charge in [0.15, 0.2) is 0 Å². The van der Waals surface area contributed by atoms with Crippen LogP contribution >= 0.6 is 0 Å². The van der Waals surface area contributed by atoms with Crippen molar-refractivity contribution in [2.75, 3.05) is 0 Å². The molecule has 1 aliphatic rings. The van der Waals surface area contributed by atoms with Gasteiger partial charge in [-0.15, -0.1) is 0 Å². The maximum atomic E-state index is 12.6. The van der Waals surface area contributed by atoms with Crippen LogP contribution in [0.5, 0.6) is 0 Å². The van der Waals surface area contributed by atoms with Crippen molar-refractivity contribution in [1.82, 2.24) is 4.90 Å². The number of benzene rings is 1. The van der Waals surface area contributed by atoms with Gasteiger partial charge in [0.1, 0.15) is 11.9 Å². The minimum absolute atomic E-state index is 0.0521. The van der Waals surface area contributed by atoms with E-state index in [1.807, 2.05) is 0 Å². The second kappa shape index (κ2) is 3.92. The Kier molecular flexibility index (Phi) is 2.60. The highest BCUT2D eigenvalue weighted by molar-refractivity contribution is 5.94. The van der Waals surface area contributed by atoms with Crippen LogP contribution in [0.3, 0.4) is 0 Å². The molecule has 1 fully saturated rings. The highest BCUT2D eigenvalue weighted by Crippen LogP contribution is 2.22. The van der Waals surface area contributed by atoms with Gasteiger partial charge in [-0.1, -0.05) is 12.1 Å². The number of likely N-dealkylation sites (tertiary alicyclic amines) is 1. The molecule has 0 unspecified atom stereocenters. The van der Waals surface area contributed by atoms with Crippen LogP contribution in [0, 0.1) is 5.82 Å². The first-order valence-corrected chi connectivity index (χ1v) is 4.84. The van der Waals surface area contributed by atoms with Gasteiger partial charge < -0.3 is 10.0 Å². The van der Waals surface area contributed by atoms with Crippen molar-refractivity contribution < 1.29 is 19.1 Å². The second-order valence-corrected chi connectivity index (χ2v) is 3.71. The van der Waals surface area contributed by atoms with Crippen LogP contribution in [-0.4, -0.2) is 27.9 Å². The van der Waals surface area contributed by atoms with Crippen LogP contribution in [0.25, 0.3) is 0 Å². The van der Waals surface area contributed by atoms with E-state index in [0.29, 0.717) is 0 Å². The summed E-state index contributed by atoms with van der Waals surface area (Å²) in [4.78, 5) is 23.2.